The van der Waals surface area contributed by atoms with Gasteiger partial charge in [0.05, 0.1) is 11.5 Å². The Morgan fingerprint density at radius 2 is 1.50 bits per heavy atom. The maximum Gasteiger partial charge on any atom is 0.243 e. The molecule has 0 aliphatic carbocycles. The molecule has 0 bridgehead atoms. The number of fused-ring (bicyclic) bond motifs is 1. The molecule has 0 atom stereocenters. The van der Waals surface area contributed by atoms with E-state index in [0.29, 0.717) is 24.6 Å². The molecule has 0 saturated carbocycles. The Bertz CT molecular complexity index is 1090. The smallest absolute Gasteiger partial charge is 0.243 e. The van der Waals surface area contributed by atoms with E-state index in [2.05, 4.69) is 12.1 Å². The minimum absolute atomic E-state index is 0.345. The van der Waals surface area contributed by atoms with Gasteiger partial charge in [0, 0.05) is 13.1 Å². The second-order valence-electron chi connectivity index (χ2n) is 7.03. The second-order valence-corrected chi connectivity index (χ2v) is 8.96. The summed E-state index contributed by atoms with van der Waals surface area (Å²) in [6.45, 7) is 5.37. The molecule has 4 nitrogen and oxygen atoms in total. The van der Waals surface area contributed by atoms with Gasteiger partial charge in [-0.15, -0.1) is 0 Å². The Balaban J connectivity index is 1.58. The molecular formula is C23H23NO3S. The molecule has 0 unspecified atom stereocenters. The Kier molecular flexibility index (Phi) is 4.96. The maximum absolute atomic E-state index is 13.0. The van der Waals surface area contributed by atoms with Crippen molar-refractivity contribution in [3.63, 3.8) is 0 Å². The van der Waals surface area contributed by atoms with Gasteiger partial charge >= 0.3 is 0 Å². The summed E-state index contributed by atoms with van der Waals surface area (Å²) in [6.07, 6.45) is 0. The summed E-state index contributed by atoms with van der Waals surface area (Å²) in [7, 11) is -3.50. The van der Waals surface area contributed by atoms with Crippen LogP contribution in [0.2, 0.25) is 0 Å². The third-order valence-corrected chi connectivity index (χ3v) is 6.86. The van der Waals surface area contributed by atoms with E-state index in [9.17, 15) is 8.42 Å². The van der Waals surface area contributed by atoms with E-state index in [4.69, 9.17) is 4.74 Å². The summed E-state index contributed by atoms with van der Waals surface area (Å²) in [5.41, 5.74) is 5.33. The molecule has 0 N–H and O–H groups in total. The van der Waals surface area contributed by atoms with E-state index < -0.39 is 10.0 Å². The normalized spacial score (nSPS) is 14.1. The van der Waals surface area contributed by atoms with Gasteiger partial charge in [-0.3, -0.25) is 0 Å². The van der Waals surface area contributed by atoms with Gasteiger partial charge in [0.25, 0.3) is 0 Å². The van der Waals surface area contributed by atoms with E-state index in [1.54, 1.807) is 16.4 Å². The molecule has 0 radical (unpaired) electrons. The number of hydrogen-bond donors (Lipinski definition) is 0. The van der Waals surface area contributed by atoms with Crippen LogP contribution >= 0.6 is 0 Å². The summed E-state index contributed by atoms with van der Waals surface area (Å²) in [5, 5.41) is 0. The number of nitrogens with zero attached hydrogens (tertiary/aromatic N) is 1. The van der Waals surface area contributed by atoms with Gasteiger partial charge in [-0.25, -0.2) is 8.42 Å². The Morgan fingerprint density at radius 1 is 0.857 bits per heavy atom. The van der Waals surface area contributed by atoms with E-state index >= 15 is 0 Å². The zero-order valence-electron chi connectivity index (χ0n) is 16.1. The van der Waals surface area contributed by atoms with Crippen molar-refractivity contribution in [2.75, 3.05) is 6.61 Å². The molecule has 144 valence electrons. The number of benzene rings is 3. The molecule has 0 spiro atoms. The first kappa shape index (κ1) is 18.7. The third-order valence-electron chi connectivity index (χ3n) is 5.06. The summed E-state index contributed by atoms with van der Waals surface area (Å²) < 4.78 is 33.0. The first-order chi connectivity index (χ1) is 13.5. The fraction of sp³-hybridized carbons (Fsp3) is 0.217. The first-order valence-corrected chi connectivity index (χ1v) is 10.8. The summed E-state index contributed by atoms with van der Waals surface area (Å²) in [4.78, 5) is 0.345. The first-order valence-electron chi connectivity index (χ1n) is 9.39. The van der Waals surface area contributed by atoms with E-state index in [-0.39, 0.29) is 0 Å². The van der Waals surface area contributed by atoms with Crippen LogP contribution in [0, 0.1) is 6.92 Å². The van der Waals surface area contributed by atoms with Crippen molar-refractivity contribution in [2.45, 2.75) is 31.8 Å². The van der Waals surface area contributed by atoms with Crippen molar-refractivity contribution in [2.24, 2.45) is 0 Å². The molecule has 1 aliphatic rings. The van der Waals surface area contributed by atoms with Gasteiger partial charge < -0.3 is 4.74 Å². The average Bonchev–Trinajstić information content (AvgIpc) is 3.13. The lowest BCUT2D eigenvalue weighted by molar-refractivity contribution is 0.340. The number of sulfonamides is 1. The molecule has 28 heavy (non-hydrogen) atoms. The van der Waals surface area contributed by atoms with E-state index in [0.717, 1.165) is 33.6 Å². The van der Waals surface area contributed by atoms with Gasteiger partial charge in [0.1, 0.15) is 5.75 Å². The molecule has 0 amide bonds. The van der Waals surface area contributed by atoms with Crippen molar-refractivity contribution in [3.05, 3.63) is 83.4 Å². The SMILES string of the molecule is CCOc1ccc(-c2ccc3c(c2)CN(S(=O)(=O)c2ccc(C)cc2)C3)cc1. The van der Waals surface area contributed by atoms with Crippen LogP contribution < -0.4 is 4.74 Å². The van der Waals surface area contributed by atoms with Crippen LogP contribution in [0.4, 0.5) is 0 Å². The molecule has 3 aromatic carbocycles. The van der Waals surface area contributed by atoms with Crippen LogP contribution in [-0.2, 0) is 23.1 Å². The minimum Gasteiger partial charge on any atom is -0.494 e. The largest absolute Gasteiger partial charge is 0.494 e. The zero-order valence-corrected chi connectivity index (χ0v) is 16.9. The van der Waals surface area contributed by atoms with Crippen molar-refractivity contribution in [3.8, 4) is 16.9 Å². The Morgan fingerprint density at radius 3 is 2.18 bits per heavy atom. The number of hydrogen-bond acceptors (Lipinski definition) is 3. The van der Waals surface area contributed by atoms with Crippen LogP contribution in [0.1, 0.15) is 23.6 Å². The van der Waals surface area contributed by atoms with Crippen molar-refractivity contribution < 1.29 is 13.2 Å². The molecular weight excluding hydrogens is 370 g/mol. The van der Waals surface area contributed by atoms with Gasteiger partial charge in [-0.05, 0) is 66.4 Å². The molecule has 0 aromatic heterocycles. The van der Waals surface area contributed by atoms with E-state index in [1.807, 2.05) is 56.3 Å². The van der Waals surface area contributed by atoms with Crippen LogP contribution in [0.25, 0.3) is 11.1 Å². The van der Waals surface area contributed by atoms with Crippen LogP contribution in [0.5, 0.6) is 5.75 Å². The lowest BCUT2D eigenvalue weighted by atomic mass is 10.0. The predicted molar refractivity (Wildman–Crippen MR) is 111 cm³/mol. The number of aryl methyl sites for hydroxylation is 1. The number of ether oxygens (including phenoxy) is 1. The molecule has 5 heteroatoms. The highest BCUT2D eigenvalue weighted by Crippen LogP contribution is 2.32. The monoisotopic (exact) mass is 393 g/mol. The van der Waals surface area contributed by atoms with Crippen LogP contribution in [0.15, 0.2) is 71.6 Å². The highest BCUT2D eigenvalue weighted by molar-refractivity contribution is 7.89. The standard InChI is InChI=1S/C23H23NO3S/c1-3-27-22-10-8-18(9-11-22)19-6-7-20-15-24(16-21(20)14-19)28(25,26)23-12-4-17(2)5-13-23/h4-14H,3,15-16H2,1-2H3. The van der Waals surface area contributed by atoms with Gasteiger partial charge in [-0.1, -0.05) is 42.0 Å². The molecule has 1 heterocycles. The number of rotatable bonds is 5. The second kappa shape index (κ2) is 7.41. The van der Waals surface area contributed by atoms with Gasteiger partial charge in [0.2, 0.25) is 10.0 Å². The van der Waals surface area contributed by atoms with Crippen LogP contribution in [0.3, 0.4) is 0 Å². The van der Waals surface area contributed by atoms with Gasteiger partial charge in [-0.2, -0.15) is 4.31 Å². The molecule has 3 aromatic rings. The van der Waals surface area contributed by atoms with E-state index in [1.165, 1.54) is 0 Å². The average molecular weight is 394 g/mol. The Labute approximate surface area is 166 Å². The van der Waals surface area contributed by atoms with Crippen molar-refractivity contribution in [1.29, 1.82) is 0 Å². The van der Waals surface area contributed by atoms with Crippen LogP contribution in [-0.4, -0.2) is 19.3 Å². The van der Waals surface area contributed by atoms with Gasteiger partial charge in [0.15, 0.2) is 0 Å². The zero-order chi connectivity index (χ0) is 19.7. The van der Waals surface area contributed by atoms with Crippen molar-refractivity contribution in [1.82, 2.24) is 4.31 Å². The summed E-state index contributed by atoms with van der Waals surface area (Å²) >= 11 is 0. The summed E-state index contributed by atoms with van der Waals surface area (Å²) in [5.74, 6) is 0.850. The quantitative estimate of drug-likeness (QED) is 0.628. The highest BCUT2D eigenvalue weighted by Gasteiger charge is 2.30. The highest BCUT2D eigenvalue weighted by atomic mass is 32.2. The minimum atomic E-state index is -3.50. The molecule has 0 saturated heterocycles. The fourth-order valence-corrected chi connectivity index (χ4v) is 4.88. The predicted octanol–water partition coefficient (Wildman–Crippen LogP) is 4.77. The molecule has 1 aliphatic heterocycles. The Hall–Kier alpha value is -2.63. The fourth-order valence-electron chi connectivity index (χ4n) is 3.48. The molecule has 4 rings (SSSR count). The lowest BCUT2D eigenvalue weighted by Crippen LogP contribution is -2.25. The molecule has 0 fully saturated rings. The lowest BCUT2D eigenvalue weighted by Gasteiger charge is -2.15. The maximum atomic E-state index is 13.0. The van der Waals surface area contributed by atoms with Crippen molar-refractivity contribution >= 4 is 10.0 Å². The third kappa shape index (κ3) is 3.55. The topological polar surface area (TPSA) is 46.6 Å². The summed E-state index contributed by atoms with van der Waals surface area (Å²) in [6, 6.07) is 21.2.